The van der Waals surface area contributed by atoms with Crippen LogP contribution in [0.1, 0.15) is 25.0 Å². The second kappa shape index (κ2) is 5.15. The number of amides is 1. The molecule has 0 aliphatic carbocycles. The third kappa shape index (κ3) is 2.45. The van der Waals surface area contributed by atoms with E-state index in [1.807, 2.05) is 44.0 Å². The van der Waals surface area contributed by atoms with Crippen LogP contribution in [0.25, 0.3) is 0 Å². The van der Waals surface area contributed by atoms with E-state index in [2.05, 4.69) is 6.07 Å². The highest BCUT2D eigenvalue weighted by Gasteiger charge is 2.25. The van der Waals surface area contributed by atoms with Crippen molar-refractivity contribution in [1.82, 2.24) is 9.80 Å². The molecule has 98 valence electrons. The molecule has 2 rings (SSSR count). The van der Waals surface area contributed by atoms with Gasteiger partial charge in [-0.2, -0.15) is 5.26 Å². The van der Waals surface area contributed by atoms with E-state index in [0.717, 1.165) is 16.8 Å². The highest BCUT2D eigenvalue weighted by atomic mass is 16.2. The summed E-state index contributed by atoms with van der Waals surface area (Å²) in [6, 6.07) is 9.57. The summed E-state index contributed by atoms with van der Waals surface area (Å²) in [5, 5.41) is 9.09. The maximum Gasteiger partial charge on any atom is 0.252 e. The molecule has 1 aliphatic heterocycles. The first-order chi connectivity index (χ1) is 9.04. The molecule has 0 N–H and O–H groups in total. The van der Waals surface area contributed by atoms with E-state index in [4.69, 9.17) is 5.26 Å². The number of rotatable bonds is 2. The van der Waals surface area contributed by atoms with Crippen molar-refractivity contribution in [1.29, 1.82) is 5.26 Å². The Morgan fingerprint density at radius 1 is 1.32 bits per heavy atom. The quantitative estimate of drug-likeness (QED) is 0.813. The monoisotopic (exact) mass is 255 g/mol. The molecular weight excluding hydrogens is 238 g/mol. The molecule has 0 unspecified atom stereocenters. The second-order valence-electron chi connectivity index (χ2n) is 4.82. The van der Waals surface area contributed by atoms with Crippen LogP contribution in [-0.2, 0) is 11.3 Å². The van der Waals surface area contributed by atoms with Gasteiger partial charge in [0.1, 0.15) is 0 Å². The van der Waals surface area contributed by atoms with Crippen molar-refractivity contribution >= 4 is 5.91 Å². The third-order valence-electron chi connectivity index (χ3n) is 3.61. The van der Waals surface area contributed by atoms with Gasteiger partial charge in [0, 0.05) is 24.9 Å². The molecule has 0 saturated heterocycles. The van der Waals surface area contributed by atoms with E-state index >= 15 is 0 Å². The van der Waals surface area contributed by atoms with Gasteiger partial charge in [0.05, 0.1) is 18.3 Å². The second-order valence-corrected chi connectivity index (χ2v) is 4.82. The number of carbonyl (C=O) groups is 1. The minimum absolute atomic E-state index is 0.0448. The summed E-state index contributed by atoms with van der Waals surface area (Å²) in [5.74, 6) is 0.0448. The Bertz CT molecular complexity index is 583. The minimum Gasteiger partial charge on any atom is -0.360 e. The topological polar surface area (TPSA) is 47.3 Å². The van der Waals surface area contributed by atoms with Crippen LogP contribution in [0.4, 0.5) is 0 Å². The number of hydrogen-bond acceptors (Lipinski definition) is 3. The van der Waals surface area contributed by atoms with Gasteiger partial charge in [-0.05, 0) is 25.5 Å². The summed E-state index contributed by atoms with van der Waals surface area (Å²) in [5.41, 5.74) is 3.29. The summed E-state index contributed by atoms with van der Waals surface area (Å²) in [7, 11) is 1.97. The van der Waals surface area contributed by atoms with Crippen molar-refractivity contribution in [2.24, 2.45) is 0 Å². The number of hydrogen-bond donors (Lipinski definition) is 0. The molecule has 4 nitrogen and oxygen atoms in total. The molecule has 1 aromatic carbocycles. The molecule has 1 aliphatic rings. The summed E-state index contributed by atoms with van der Waals surface area (Å²) in [4.78, 5) is 16.1. The molecule has 0 aromatic heterocycles. The zero-order chi connectivity index (χ0) is 14.0. The van der Waals surface area contributed by atoms with Crippen LogP contribution in [-0.4, -0.2) is 29.4 Å². The number of nitrogens with zero attached hydrogens (tertiary/aromatic N) is 3. The van der Waals surface area contributed by atoms with Gasteiger partial charge in [0.25, 0.3) is 5.91 Å². The predicted octanol–water partition coefficient (Wildman–Crippen LogP) is 2.08. The van der Waals surface area contributed by atoms with Crippen molar-refractivity contribution in [2.45, 2.75) is 20.4 Å². The molecule has 1 amide bonds. The maximum atomic E-state index is 12.2. The van der Waals surface area contributed by atoms with Crippen molar-refractivity contribution in [3.05, 3.63) is 46.7 Å². The highest BCUT2D eigenvalue weighted by Crippen LogP contribution is 2.20. The van der Waals surface area contributed by atoms with Gasteiger partial charge < -0.3 is 9.80 Å². The maximum absolute atomic E-state index is 12.2. The highest BCUT2D eigenvalue weighted by molar-refractivity contribution is 5.94. The van der Waals surface area contributed by atoms with Crippen molar-refractivity contribution in [2.75, 3.05) is 13.7 Å². The molecule has 1 heterocycles. The van der Waals surface area contributed by atoms with Crippen LogP contribution < -0.4 is 0 Å². The lowest BCUT2D eigenvalue weighted by Gasteiger charge is -2.36. The number of nitriles is 1. The molecule has 0 radical (unpaired) electrons. The fourth-order valence-corrected chi connectivity index (χ4v) is 2.20. The van der Waals surface area contributed by atoms with E-state index in [1.165, 1.54) is 0 Å². The largest absolute Gasteiger partial charge is 0.360 e. The van der Waals surface area contributed by atoms with Gasteiger partial charge in [0.15, 0.2) is 0 Å². The first-order valence-electron chi connectivity index (χ1n) is 6.20. The Kier molecular flexibility index (Phi) is 3.57. The normalized spacial score (nSPS) is 15.8. The summed E-state index contributed by atoms with van der Waals surface area (Å²) < 4.78 is 0. The average Bonchev–Trinajstić information content (AvgIpc) is 2.43. The Labute approximate surface area is 113 Å². The average molecular weight is 255 g/mol. The summed E-state index contributed by atoms with van der Waals surface area (Å²) in [6.45, 7) is 4.82. The fraction of sp³-hybridized carbons (Fsp3) is 0.333. The van der Waals surface area contributed by atoms with Crippen LogP contribution in [0.15, 0.2) is 35.5 Å². The lowest BCUT2D eigenvalue weighted by molar-refractivity contribution is -0.131. The Morgan fingerprint density at radius 3 is 2.68 bits per heavy atom. The van der Waals surface area contributed by atoms with Crippen LogP contribution in [0.3, 0.4) is 0 Å². The van der Waals surface area contributed by atoms with Crippen molar-refractivity contribution in [3.8, 4) is 6.07 Å². The number of allylic oxidation sites excluding steroid dienone is 1. The van der Waals surface area contributed by atoms with E-state index in [1.54, 1.807) is 11.0 Å². The summed E-state index contributed by atoms with van der Waals surface area (Å²) >= 11 is 0. The fourth-order valence-electron chi connectivity index (χ4n) is 2.20. The standard InChI is InChI=1S/C15H17N3O/c1-11-12(2)17(3)10-18(15(11)19)9-14-7-5-4-6-13(14)8-16/h4-7H,9-10H2,1-3H3. The van der Waals surface area contributed by atoms with E-state index in [9.17, 15) is 4.79 Å². The molecule has 0 spiro atoms. The van der Waals surface area contributed by atoms with Gasteiger partial charge in [-0.1, -0.05) is 18.2 Å². The van der Waals surface area contributed by atoms with Gasteiger partial charge in [-0.25, -0.2) is 0 Å². The zero-order valence-corrected chi connectivity index (χ0v) is 11.5. The van der Waals surface area contributed by atoms with Crippen LogP contribution in [0.5, 0.6) is 0 Å². The molecule has 1 aromatic rings. The Balaban J connectivity index is 2.26. The predicted molar refractivity (Wildman–Crippen MR) is 72.7 cm³/mol. The van der Waals surface area contributed by atoms with E-state index in [0.29, 0.717) is 18.8 Å². The molecule has 0 fully saturated rings. The van der Waals surface area contributed by atoms with Gasteiger partial charge in [-0.3, -0.25) is 4.79 Å². The molecule has 0 atom stereocenters. The smallest absolute Gasteiger partial charge is 0.252 e. The molecule has 4 heteroatoms. The molecule has 0 bridgehead atoms. The molecule has 0 saturated carbocycles. The van der Waals surface area contributed by atoms with Crippen molar-refractivity contribution in [3.63, 3.8) is 0 Å². The van der Waals surface area contributed by atoms with Crippen molar-refractivity contribution < 1.29 is 4.79 Å². The van der Waals surface area contributed by atoms with E-state index < -0.39 is 0 Å². The first-order valence-corrected chi connectivity index (χ1v) is 6.20. The van der Waals surface area contributed by atoms with Crippen LogP contribution in [0.2, 0.25) is 0 Å². The van der Waals surface area contributed by atoms with Crippen LogP contribution >= 0.6 is 0 Å². The minimum atomic E-state index is 0.0448. The van der Waals surface area contributed by atoms with Gasteiger partial charge in [0.2, 0.25) is 0 Å². The molecule has 19 heavy (non-hydrogen) atoms. The zero-order valence-electron chi connectivity index (χ0n) is 11.5. The molecular formula is C15H17N3O. The lowest BCUT2D eigenvalue weighted by Crippen LogP contribution is -2.44. The van der Waals surface area contributed by atoms with E-state index in [-0.39, 0.29) is 5.91 Å². The lowest BCUT2D eigenvalue weighted by atomic mass is 10.1. The SMILES string of the molecule is CC1=C(C)N(C)CN(Cc2ccccc2C#N)C1=O. The number of benzene rings is 1. The van der Waals surface area contributed by atoms with Gasteiger partial charge in [-0.15, -0.1) is 0 Å². The van der Waals surface area contributed by atoms with Crippen LogP contribution in [0, 0.1) is 11.3 Å². The Hall–Kier alpha value is -2.28. The number of carbonyl (C=O) groups excluding carboxylic acids is 1. The third-order valence-corrected chi connectivity index (χ3v) is 3.61. The Morgan fingerprint density at radius 2 is 2.00 bits per heavy atom. The van der Waals surface area contributed by atoms with Gasteiger partial charge >= 0.3 is 0 Å². The first kappa shape index (κ1) is 13.2. The summed E-state index contributed by atoms with van der Waals surface area (Å²) in [6.07, 6.45) is 0.